The molecule has 5 nitrogen and oxygen atoms in total. The molecule has 1 aliphatic heterocycles. The predicted octanol–water partition coefficient (Wildman–Crippen LogP) is 3.89. The van der Waals surface area contributed by atoms with Crippen LogP contribution in [0, 0.1) is 11.6 Å². The van der Waals surface area contributed by atoms with E-state index in [1.165, 1.54) is 18.2 Å². The van der Waals surface area contributed by atoms with Gasteiger partial charge in [0.15, 0.2) is 0 Å². The van der Waals surface area contributed by atoms with Crippen molar-refractivity contribution in [3.05, 3.63) is 47.4 Å². The van der Waals surface area contributed by atoms with Gasteiger partial charge in [0, 0.05) is 37.7 Å². The van der Waals surface area contributed by atoms with Crippen LogP contribution < -0.4 is 10.2 Å². The predicted molar refractivity (Wildman–Crippen MR) is 102 cm³/mol. The number of ether oxygens (including phenoxy) is 1. The van der Waals surface area contributed by atoms with Gasteiger partial charge in [-0.15, -0.1) is 0 Å². The highest BCUT2D eigenvalue weighted by Gasteiger charge is 2.27. The number of halogens is 2. The van der Waals surface area contributed by atoms with Crippen molar-refractivity contribution < 1.29 is 13.5 Å². The van der Waals surface area contributed by atoms with Crippen molar-refractivity contribution in [2.24, 2.45) is 0 Å². The minimum atomic E-state index is -0.532. The summed E-state index contributed by atoms with van der Waals surface area (Å²) in [5.41, 5.74) is 0.646. The van der Waals surface area contributed by atoms with Crippen molar-refractivity contribution in [3.63, 3.8) is 0 Å². The summed E-state index contributed by atoms with van der Waals surface area (Å²) in [6.07, 6.45) is 0.766. The Morgan fingerprint density at radius 1 is 1.22 bits per heavy atom. The van der Waals surface area contributed by atoms with Gasteiger partial charge in [-0.3, -0.25) is 0 Å². The van der Waals surface area contributed by atoms with Crippen LogP contribution >= 0.6 is 0 Å². The maximum absolute atomic E-state index is 14.0. The fourth-order valence-corrected chi connectivity index (χ4v) is 3.21. The molecule has 0 aliphatic carbocycles. The van der Waals surface area contributed by atoms with Crippen LogP contribution in [0.3, 0.4) is 0 Å². The summed E-state index contributed by atoms with van der Waals surface area (Å²) in [5.74, 6) is 0.377. The van der Waals surface area contributed by atoms with E-state index in [-0.39, 0.29) is 17.1 Å². The van der Waals surface area contributed by atoms with E-state index >= 15 is 0 Å². The zero-order valence-corrected chi connectivity index (χ0v) is 16.2. The van der Waals surface area contributed by atoms with Gasteiger partial charge in [-0.2, -0.15) is 0 Å². The smallest absolute Gasteiger partial charge is 0.149 e. The molecule has 7 heteroatoms. The average molecular weight is 376 g/mol. The van der Waals surface area contributed by atoms with Gasteiger partial charge in [0.1, 0.15) is 29.0 Å². The molecule has 1 aliphatic rings. The molecule has 1 unspecified atom stereocenters. The Morgan fingerprint density at radius 2 is 1.93 bits per heavy atom. The standard InChI is InChI=1S/C20H26F2N4O/c1-20(2,3)19-24-14(12-27-4)10-17(25-19)23-13-8-9-26(11-13)18-15(21)6-5-7-16(18)22/h5-7,10,13H,8-9,11-12H2,1-4H3,(H,23,24,25). The van der Waals surface area contributed by atoms with E-state index in [2.05, 4.69) is 36.1 Å². The van der Waals surface area contributed by atoms with Crippen LogP contribution in [0.2, 0.25) is 0 Å². The molecule has 27 heavy (non-hydrogen) atoms. The number of nitrogens with one attached hydrogen (secondary N) is 1. The third-order valence-corrected chi connectivity index (χ3v) is 4.54. The molecule has 0 radical (unpaired) electrons. The second-order valence-electron chi connectivity index (χ2n) is 7.90. The molecule has 146 valence electrons. The molecule has 1 aromatic heterocycles. The van der Waals surface area contributed by atoms with Gasteiger partial charge in [-0.05, 0) is 18.6 Å². The van der Waals surface area contributed by atoms with E-state index in [0.717, 1.165) is 17.9 Å². The summed E-state index contributed by atoms with van der Waals surface area (Å²) in [5, 5.41) is 3.40. The van der Waals surface area contributed by atoms with E-state index < -0.39 is 11.6 Å². The van der Waals surface area contributed by atoms with Gasteiger partial charge in [0.25, 0.3) is 0 Å². The Hall–Kier alpha value is -2.28. The van der Waals surface area contributed by atoms with Crippen LogP contribution in [0.5, 0.6) is 0 Å². The fourth-order valence-electron chi connectivity index (χ4n) is 3.21. The van der Waals surface area contributed by atoms with Crippen molar-refractivity contribution in [3.8, 4) is 0 Å². The maximum Gasteiger partial charge on any atom is 0.149 e. The highest BCUT2D eigenvalue weighted by Crippen LogP contribution is 2.28. The van der Waals surface area contributed by atoms with Crippen molar-refractivity contribution in [2.45, 2.75) is 45.3 Å². The SMILES string of the molecule is COCc1cc(NC2CCN(c3c(F)cccc3F)C2)nc(C(C)(C)C)n1. The lowest BCUT2D eigenvalue weighted by Gasteiger charge is -2.22. The van der Waals surface area contributed by atoms with Gasteiger partial charge < -0.3 is 15.0 Å². The molecular weight excluding hydrogens is 350 g/mol. The van der Waals surface area contributed by atoms with Gasteiger partial charge in [0.05, 0.1) is 12.3 Å². The second-order valence-corrected chi connectivity index (χ2v) is 7.90. The number of hydrogen-bond donors (Lipinski definition) is 1. The molecule has 1 saturated heterocycles. The first-order valence-electron chi connectivity index (χ1n) is 9.11. The number of benzene rings is 1. The summed E-state index contributed by atoms with van der Waals surface area (Å²) in [6.45, 7) is 7.66. The van der Waals surface area contributed by atoms with Crippen LogP contribution in [-0.2, 0) is 16.8 Å². The van der Waals surface area contributed by atoms with Crippen molar-refractivity contribution >= 4 is 11.5 Å². The highest BCUT2D eigenvalue weighted by molar-refractivity contribution is 5.51. The van der Waals surface area contributed by atoms with Crippen molar-refractivity contribution in [1.82, 2.24) is 9.97 Å². The first-order valence-corrected chi connectivity index (χ1v) is 9.11. The minimum absolute atomic E-state index is 0.0416. The van der Waals surface area contributed by atoms with Gasteiger partial charge >= 0.3 is 0 Å². The summed E-state index contributed by atoms with van der Waals surface area (Å²) >= 11 is 0. The van der Waals surface area contributed by atoms with E-state index in [1.54, 1.807) is 12.0 Å². The topological polar surface area (TPSA) is 50.3 Å². The monoisotopic (exact) mass is 376 g/mol. The summed E-state index contributed by atoms with van der Waals surface area (Å²) in [6, 6.07) is 5.87. The average Bonchev–Trinajstić information content (AvgIpc) is 3.02. The molecule has 1 aromatic carbocycles. The molecule has 0 amide bonds. The number of nitrogens with zero attached hydrogens (tertiary/aromatic N) is 3. The number of para-hydroxylation sites is 1. The van der Waals surface area contributed by atoms with Crippen LogP contribution in [-0.4, -0.2) is 36.2 Å². The zero-order chi connectivity index (χ0) is 19.6. The quantitative estimate of drug-likeness (QED) is 0.858. The molecular formula is C20H26F2N4O. The zero-order valence-electron chi connectivity index (χ0n) is 16.2. The summed E-state index contributed by atoms with van der Waals surface area (Å²) in [4.78, 5) is 10.9. The first-order chi connectivity index (χ1) is 12.8. The number of aromatic nitrogens is 2. The molecule has 1 atom stereocenters. The Morgan fingerprint density at radius 3 is 2.56 bits per heavy atom. The molecule has 0 bridgehead atoms. The fraction of sp³-hybridized carbons (Fsp3) is 0.500. The summed E-state index contributed by atoms with van der Waals surface area (Å²) in [7, 11) is 1.63. The third-order valence-electron chi connectivity index (χ3n) is 4.54. The Balaban J connectivity index is 1.77. The van der Waals surface area contributed by atoms with E-state index in [9.17, 15) is 8.78 Å². The minimum Gasteiger partial charge on any atom is -0.378 e. The van der Waals surface area contributed by atoms with Crippen molar-refractivity contribution in [1.29, 1.82) is 0 Å². The largest absolute Gasteiger partial charge is 0.378 e. The number of methoxy groups -OCH3 is 1. The molecule has 1 N–H and O–H groups in total. The summed E-state index contributed by atoms with van der Waals surface area (Å²) < 4.78 is 33.3. The van der Waals surface area contributed by atoms with Crippen LogP contribution in [0.15, 0.2) is 24.3 Å². The van der Waals surface area contributed by atoms with Crippen molar-refractivity contribution in [2.75, 3.05) is 30.4 Å². The molecule has 0 spiro atoms. The van der Waals surface area contributed by atoms with E-state index in [0.29, 0.717) is 25.5 Å². The van der Waals surface area contributed by atoms with Crippen LogP contribution in [0.1, 0.15) is 38.7 Å². The van der Waals surface area contributed by atoms with E-state index in [1.807, 2.05) is 6.07 Å². The Bertz CT molecular complexity index is 787. The Labute approximate surface area is 158 Å². The van der Waals surface area contributed by atoms with Gasteiger partial charge in [0.2, 0.25) is 0 Å². The molecule has 1 fully saturated rings. The Kier molecular flexibility index (Phi) is 5.60. The lowest BCUT2D eigenvalue weighted by atomic mass is 9.95. The normalized spacial score (nSPS) is 17.4. The molecule has 2 aromatic rings. The molecule has 3 rings (SSSR count). The number of anilines is 2. The second kappa shape index (κ2) is 7.76. The van der Waals surface area contributed by atoms with E-state index in [4.69, 9.17) is 4.74 Å². The van der Waals surface area contributed by atoms with Crippen LogP contribution in [0.25, 0.3) is 0 Å². The molecule has 0 saturated carbocycles. The van der Waals surface area contributed by atoms with Crippen LogP contribution in [0.4, 0.5) is 20.3 Å². The maximum atomic E-state index is 14.0. The lowest BCUT2D eigenvalue weighted by molar-refractivity contribution is 0.181. The first kappa shape index (κ1) is 19.5. The number of rotatable bonds is 5. The number of hydrogen-bond acceptors (Lipinski definition) is 5. The van der Waals surface area contributed by atoms with Gasteiger partial charge in [-0.25, -0.2) is 18.7 Å². The van der Waals surface area contributed by atoms with Gasteiger partial charge in [-0.1, -0.05) is 26.8 Å². The highest BCUT2D eigenvalue weighted by atomic mass is 19.1. The molecule has 2 heterocycles. The lowest BCUT2D eigenvalue weighted by Crippen LogP contribution is -2.28. The third kappa shape index (κ3) is 4.53.